The van der Waals surface area contributed by atoms with Gasteiger partial charge in [-0.3, -0.25) is 4.79 Å². The summed E-state index contributed by atoms with van der Waals surface area (Å²) in [4.78, 5) is 11.2. The molecule has 1 saturated carbocycles. The lowest BCUT2D eigenvalue weighted by Gasteiger charge is -2.30. The maximum Gasteiger partial charge on any atom is 0.308 e. The number of hydrogen-bond acceptors (Lipinski definition) is 2. The Hall–Kier alpha value is -0.530. The van der Waals surface area contributed by atoms with E-state index in [0.717, 1.165) is 18.8 Å². The summed E-state index contributed by atoms with van der Waals surface area (Å²) in [5.41, 5.74) is 0. The van der Waals surface area contributed by atoms with E-state index in [-0.39, 0.29) is 11.9 Å². The molecular weight excluding hydrogens is 152 g/mol. The van der Waals surface area contributed by atoms with Gasteiger partial charge in [-0.15, -0.1) is 0 Å². The van der Waals surface area contributed by atoms with E-state index < -0.39 is 0 Å². The van der Waals surface area contributed by atoms with Gasteiger partial charge in [0.05, 0.1) is 13.0 Å². The summed E-state index contributed by atoms with van der Waals surface area (Å²) in [7, 11) is 1.48. The van der Waals surface area contributed by atoms with Gasteiger partial charge >= 0.3 is 5.97 Å². The third-order valence-electron chi connectivity index (χ3n) is 3.13. The Bertz CT molecular complexity index is 165. The zero-order chi connectivity index (χ0) is 9.14. The Morgan fingerprint density at radius 1 is 1.25 bits per heavy atom. The number of carbonyl (C=O) groups excluding carboxylic acids is 1. The molecule has 0 spiro atoms. The predicted octanol–water partition coefficient (Wildman–Crippen LogP) is 2.23. The number of esters is 1. The van der Waals surface area contributed by atoms with Crippen molar-refractivity contribution in [3.05, 3.63) is 0 Å². The predicted molar refractivity (Wildman–Crippen MR) is 47.7 cm³/mol. The number of rotatable bonds is 1. The van der Waals surface area contributed by atoms with Gasteiger partial charge in [0, 0.05) is 0 Å². The summed E-state index contributed by atoms with van der Waals surface area (Å²) in [6, 6.07) is 0. The van der Waals surface area contributed by atoms with Gasteiger partial charge in [-0.1, -0.05) is 13.8 Å². The quantitative estimate of drug-likeness (QED) is 0.564. The van der Waals surface area contributed by atoms with Crippen molar-refractivity contribution in [3.8, 4) is 0 Å². The first kappa shape index (κ1) is 9.56. The van der Waals surface area contributed by atoms with Gasteiger partial charge < -0.3 is 4.74 Å². The average molecular weight is 170 g/mol. The Labute approximate surface area is 74.3 Å². The monoisotopic (exact) mass is 170 g/mol. The van der Waals surface area contributed by atoms with E-state index in [4.69, 9.17) is 4.74 Å². The third-order valence-corrected chi connectivity index (χ3v) is 3.13. The first-order chi connectivity index (χ1) is 5.65. The molecule has 0 aromatic heterocycles. The summed E-state index contributed by atoms with van der Waals surface area (Å²) < 4.78 is 4.73. The fourth-order valence-corrected chi connectivity index (χ4v) is 1.93. The Balaban J connectivity index is 2.45. The van der Waals surface area contributed by atoms with Crippen molar-refractivity contribution < 1.29 is 9.53 Å². The molecule has 0 aromatic carbocycles. The second-order valence-corrected chi connectivity index (χ2v) is 3.99. The molecule has 0 N–H and O–H groups in total. The molecule has 2 heteroatoms. The van der Waals surface area contributed by atoms with Crippen LogP contribution in [0, 0.1) is 17.8 Å². The Kier molecular flexibility index (Phi) is 3.12. The van der Waals surface area contributed by atoms with Crippen molar-refractivity contribution in [3.63, 3.8) is 0 Å². The van der Waals surface area contributed by atoms with Crippen LogP contribution in [-0.2, 0) is 9.53 Å². The molecule has 1 aliphatic rings. The molecule has 0 aliphatic heterocycles. The van der Waals surface area contributed by atoms with Crippen LogP contribution >= 0.6 is 0 Å². The summed E-state index contributed by atoms with van der Waals surface area (Å²) >= 11 is 0. The minimum absolute atomic E-state index is 0.0197. The van der Waals surface area contributed by atoms with Crippen LogP contribution in [-0.4, -0.2) is 13.1 Å². The highest BCUT2D eigenvalue weighted by Gasteiger charge is 2.29. The van der Waals surface area contributed by atoms with E-state index >= 15 is 0 Å². The zero-order valence-corrected chi connectivity index (χ0v) is 8.17. The van der Waals surface area contributed by atoms with Crippen molar-refractivity contribution in [2.45, 2.75) is 33.1 Å². The molecule has 1 fully saturated rings. The lowest BCUT2D eigenvalue weighted by Crippen LogP contribution is -2.27. The lowest BCUT2D eigenvalue weighted by molar-refractivity contribution is -0.147. The first-order valence-electron chi connectivity index (χ1n) is 4.73. The molecule has 0 heterocycles. The van der Waals surface area contributed by atoms with E-state index in [2.05, 4.69) is 13.8 Å². The van der Waals surface area contributed by atoms with Gasteiger partial charge in [0.2, 0.25) is 0 Å². The van der Waals surface area contributed by atoms with E-state index in [9.17, 15) is 4.79 Å². The van der Waals surface area contributed by atoms with E-state index in [1.165, 1.54) is 13.5 Å². The standard InChI is InChI=1S/C10H18O2/c1-7-4-5-9(6-8(7)2)10(11)12-3/h7-9H,4-6H2,1-3H3/t7?,8?,9-/m0/s1. The maximum absolute atomic E-state index is 11.2. The van der Waals surface area contributed by atoms with Crippen molar-refractivity contribution in [1.29, 1.82) is 0 Å². The van der Waals surface area contributed by atoms with Crippen molar-refractivity contribution >= 4 is 5.97 Å². The van der Waals surface area contributed by atoms with Crippen LogP contribution in [0.3, 0.4) is 0 Å². The number of ether oxygens (including phenoxy) is 1. The second kappa shape index (κ2) is 3.92. The normalized spacial score (nSPS) is 36.1. The fourth-order valence-electron chi connectivity index (χ4n) is 1.93. The van der Waals surface area contributed by atoms with Crippen LogP contribution in [0.2, 0.25) is 0 Å². The van der Waals surface area contributed by atoms with Crippen molar-refractivity contribution in [2.24, 2.45) is 17.8 Å². The fraction of sp³-hybridized carbons (Fsp3) is 0.900. The van der Waals surface area contributed by atoms with Gasteiger partial charge in [-0.25, -0.2) is 0 Å². The van der Waals surface area contributed by atoms with Gasteiger partial charge in [0.15, 0.2) is 0 Å². The zero-order valence-electron chi connectivity index (χ0n) is 8.17. The molecule has 0 aromatic rings. The van der Waals surface area contributed by atoms with Crippen LogP contribution in [0.1, 0.15) is 33.1 Å². The molecule has 0 bridgehead atoms. The highest BCUT2D eigenvalue weighted by molar-refractivity contribution is 5.72. The third kappa shape index (κ3) is 1.99. The minimum atomic E-state index is -0.0197. The van der Waals surface area contributed by atoms with Gasteiger partial charge in [0.1, 0.15) is 0 Å². The molecule has 1 aliphatic carbocycles. The second-order valence-electron chi connectivity index (χ2n) is 3.99. The molecule has 2 nitrogen and oxygen atoms in total. The van der Waals surface area contributed by atoms with E-state index in [1.807, 2.05) is 0 Å². The molecule has 0 saturated heterocycles. The van der Waals surface area contributed by atoms with Crippen LogP contribution in [0.5, 0.6) is 0 Å². The highest BCUT2D eigenvalue weighted by atomic mass is 16.5. The highest BCUT2D eigenvalue weighted by Crippen LogP contribution is 2.33. The molecule has 12 heavy (non-hydrogen) atoms. The van der Waals surface area contributed by atoms with E-state index in [1.54, 1.807) is 0 Å². The lowest BCUT2D eigenvalue weighted by atomic mass is 9.76. The largest absolute Gasteiger partial charge is 0.469 e. The Morgan fingerprint density at radius 2 is 1.92 bits per heavy atom. The van der Waals surface area contributed by atoms with E-state index in [0.29, 0.717) is 5.92 Å². The van der Waals surface area contributed by atoms with Crippen molar-refractivity contribution in [1.82, 2.24) is 0 Å². The maximum atomic E-state index is 11.2. The van der Waals surface area contributed by atoms with Crippen LogP contribution in [0.15, 0.2) is 0 Å². The molecule has 3 atom stereocenters. The summed E-state index contributed by atoms with van der Waals surface area (Å²) in [5, 5.41) is 0. The van der Waals surface area contributed by atoms with Crippen LogP contribution < -0.4 is 0 Å². The molecule has 1 rings (SSSR count). The molecular formula is C10H18O2. The molecule has 70 valence electrons. The number of hydrogen-bond donors (Lipinski definition) is 0. The number of carbonyl (C=O) groups is 1. The average Bonchev–Trinajstić information content (AvgIpc) is 2.08. The van der Waals surface area contributed by atoms with Crippen LogP contribution in [0.4, 0.5) is 0 Å². The molecule has 2 unspecified atom stereocenters. The van der Waals surface area contributed by atoms with Gasteiger partial charge in [-0.2, -0.15) is 0 Å². The summed E-state index contributed by atoms with van der Waals surface area (Å²) in [5.74, 6) is 1.59. The smallest absolute Gasteiger partial charge is 0.308 e. The van der Waals surface area contributed by atoms with Crippen LogP contribution in [0.25, 0.3) is 0 Å². The molecule has 0 radical (unpaired) electrons. The number of methoxy groups -OCH3 is 1. The summed E-state index contributed by atoms with van der Waals surface area (Å²) in [6.07, 6.45) is 3.19. The first-order valence-corrected chi connectivity index (χ1v) is 4.73. The minimum Gasteiger partial charge on any atom is -0.469 e. The molecule has 0 amide bonds. The van der Waals surface area contributed by atoms with Gasteiger partial charge in [-0.05, 0) is 31.1 Å². The van der Waals surface area contributed by atoms with Gasteiger partial charge in [0.25, 0.3) is 0 Å². The van der Waals surface area contributed by atoms with Crippen molar-refractivity contribution in [2.75, 3.05) is 7.11 Å². The topological polar surface area (TPSA) is 26.3 Å². The SMILES string of the molecule is COC(=O)[C@H]1CCC(C)C(C)C1. The summed E-state index contributed by atoms with van der Waals surface area (Å²) in [6.45, 7) is 4.48. The Morgan fingerprint density at radius 3 is 2.42 bits per heavy atom.